The second-order valence-corrected chi connectivity index (χ2v) is 16.1. The van der Waals surface area contributed by atoms with Crippen molar-refractivity contribution in [2.45, 2.75) is 44.6 Å². The van der Waals surface area contributed by atoms with E-state index in [1.54, 1.807) is 30.3 Å². The largest absolute Gasteiger partial charge is 0.503 e. The molecule has 0 saturated carbocycles. The van der Waals surface area contributed by atoms with Crippen molar-refractivity contribution < 1.29 is 64.1 Å². The third-order valence-electron chi connectivity index (χ3n) is 11.7. The number of halogens is 8. The van der Waals surface area contributed by atoms with Crippen LogP contribution in [0.3, 0.4) is 0 Å². The molecule has 0 spiro atoms. The molecule has 3 N–H and O–H groups in total. The monoisotopic (exact) mass is 964 g/mol. The predicted octanol–water partition coefficient (Wildman–Crippen LogP) is 6.18. The standard InChI is InChI=1S/C27H21F4N3O4.C20H15F4N3O4/c28-16-6-7-33-12-18(8-16)34-13-20(26(36)32-11-19-21(30)9-17(29)10-22(19)31)24(35)25(23(34)27(33)37)38-14-15-4-2-1-3-5-15;21-9-1-2-26-7-11(3-9)27-8-13(17(28)18(29)16(27)20(26)31)19(30)25-6-12-14(23)4-10(22)5-15(12)24/h1-5,8-10,13,18H,6-7,11-12,14H2,(H,32,36);3-5,8,11,29H,1-2,6-7H2,(H,25,30)/t18-;11-/m00/s1. The van der Waals surface area contributed by atoms with Crippen LogP contribution in [0.15, 0.2) is 100 Å². The molecule has 14 nitrogen and oxygen atoms in total. The number of carbonyl (C=O) groups excluding carboxylic acids is 4. The lowest BCUT2D eigenvalue weighted by Crippen LogP contribution is -2.44. The molecule has 2 atom stereocenters. The minimum atomic E-state index is -1.23. The molecule has 4 aliphatic rings. The molecule has 2 aromatic heterocycles. The van der Waals surface area contributed by atoms with E-state index in [4.69, 9.17) is 4.74 Å². The van der Waals surface area contributed by atoms with Crippen LogP contribution in [0.2, 0.25) is 0 Å². The van der Waals surface area contributed by atoms with E-state index in [-0.39, 0.29) is 57.0 Å². The van der Waals surface area contributed by atoms with Gasteiger partial charge < -0.3 is 39.4 Å². The summed E-state index contributed by atoms with van der Waals surface area (Å²) in [5, 5.41) is 14.7. The van der Waals surface area contributed by atoms with Crippen molar-refractivity contribution in [3.8, 4) is 11.5 Å². The summed E-state index contributed by atoms with van der Waals surface area (Å²) in [6, 6.07) is 9.14. The average molecular weight is 965 g/mol. The number of fused-ring (bicyclic) bond motifs is 8. The first-order valence-corrected chi connectivity index (χ1v) is 21.0. The van der Waals surface area contributed by atoms with Gasteiger partial charge in [0, 0.05) is 99.9 Å². The summed E-state index contributed by atoms with van der Waals surface area (Å²) in [5.41, 5.74) is -4.20. The number of ether oxygens (including phenoxy) is 1. The number of nitrogens with zero attached hydrogens (tertiary/aromatic N) is 4. The maximum Gasteiger partial charge on any atom is 0.274 e. The van der Waals surface area contributed by atoms with E-state index in [1.165, 1.54) is 26.5 Å². The van der Waals surface area contributed by atoms with Crippen LogP contribution in [-0.4, -0.2) is 73.8 Å². The van der Waals surface area contributed by atoms with Gasteiger partial charge in [0.15, 0.2) is 22.9 Å². The second-order valence-electron chi connectivity index (χ2n) is 16.1. The molecule has 4 bridgehead atoms. The van der Waals surface area contributed by atoms with Gasteiger partial charge in [-0.05, 0) is 17.7 Å². The van der Waals surface area contributed by atoms with Crippen molar-refractivity contribution in [3.05, 3.63) is 185 Å². The summed E-state index contributed by atoms with van der Waals surface area (Å²) >= 11 is 0. The van der Waals surface area contributed by atoms with E-state index in [9.17, 15) is 69.0 Å². The molecule has 4 amide bonds. The Morgan fingerprint density at radius 3 is 1.54 bits per heavy atom. The van der Waals surface area contributed by atoms with E-state index < -0.39 is 140 Å². The van der Waals surface area contributed by atoms with Gasteiger partial charge in [-0.15, -0.1) is 0 Å². The number of carbonyl (C=O) groups is 4. The summed E-state index contributed by atoms with van der Waals surface area (Å²) in [7, 11) is 0. The highest BCUT2D eigenvalue weighted by Gasteiger charge is 2.38. The molecule has 0 aliphatic carbocycles. The van der Waals surface area contributed by atoms with Crippen LogP contribution in [0.5, 0.6) is 11.5 Å². The summed E-state index contributed by atoms with van der Waals surface area (Å²) in [6.45, 7) is -1.10. The van der Waals surface area contributed by atoms with Crippen LogP contribution < -0.4 is 26.2 Å². The number of aromatic hydroxyl groups is 1. The molecule has 358 valence electrons. The Labute approximate surface area is 384 Å². The molecule has 69 heavy (non-hydrogen) atoms. The first kappa shape index (κ1) is 47.5. The molecule has 0 saturated heterocycles. The molecule has 0 unspecified atom stereocenters. The Morgan fingerprint density at radius 2 is 1.06 bits per heavy atom. The summed E-state index contributed by atoms with van der Waals surface area (Å²) < 4.78 is 118. The molecule has 3 aromatic carbocycles. The minimum Gasteiger partial charge on any atom is -0.503 e. The fourth-order valence-electron chi connectivity index (χ4n) is 8.18. The highest BCUT2D eigenvalue weighted by Crippen LogP contribution is 2.33. The third-order valence-corrected chi connectivity index (χ3v) is 11.7. The molecule has 6 heterocycles. The number of rotatable bonds is 9. The van der Waals surface area contributed by atoms with Gasteiger partial charge in [0.05, 0.1) is 23.7 Å². The fraction of sp³-hybridized carbons (Fsp3) is 0.234. The summed E-state index contributed by atoms with van der Waals surface area (Å²) in [4.78, 5) is 80.1. The summed E-state index contributed by atoms with van der Waals surface area (Å²) in [6.07, 6.45) is 4.64. The Balaban J connectivity index is 0.000000190. The normalized spacial score (nSPS) is 17.0. The van der Waals surface area contributed by atoms with Crippen LogP contribution >= 0.6 is 0 Å². The van der Waals surface area contributed by atoms with Crippen LogP contribution in [0.25, 0.3) is 0 Å². The number of aromatic nitrogens is 2. The van der Waals surface area contributed by atoms with Crippen LogP contribution in [0, 0.1) is 34.9 Å². The lowest BCUT2D eigenvalue weighted by atomic mass is 10.1. The van der Waals surface area contributed by atoms with Gasteiger partial charge in [-0.3, -0.25) is 28.8 Å². The van der Waals surface area contributed by atoms with Crippen molar-refractivity contribution >= 4 is 23.6 Å². The zero-order valence-corrected chi connectivity index (χ0v) is 35.6. The fourth-order valence-corrected chi connectivity index (χ4v) is 8.18. The number of benzene rings is 3. The first-order valence-electron chi connectivity index (χ1n) is 21.0. The Morgan fingerprint density at radius 1 is 0.623 bits per heavy atom. The number of amides is 4. The van der Waals surface area contributed by atoms with E-state index in [0.29, 0.717) is 29.8 Å². The number of hydrogen-bond donors (Lipinski definition) is 3. The van der Waals surface area contributed by atoms with Gasteiger partial charge in [-0.1, -0.05) is 30.3 Å². The van der Waals surface area contributed by atoms with E-state index in [0.717, 1.165) is 17.0 Å². The highest BCUT2D eigenvalue weighted by molar-refractivity contribution is 6.00. The van der Waals surface area contributed by atoms with E-state index >= 15 is 0 Å². The Bertz CT molecular complexity index is 3100. The molecular formula is C47H36F8N6O8. The van der Waals surface area contributed by atoms with Gasteiger partial charge in [0.2, 0.25) is 10.9 Å². The van der Waals surface area contributed by atoms with Crippen molar-refractivity contribution in [2.24, 2.45) is 0 Å². The van der Waals surface area contributed by atoms with Crippen LogP contribution in [-0.2, 0) is 19.7 Å². The molecule has 5 aromatic rings. The summed E-state index contributed by atoms with van der Waals surface area (Å²) in [5.74, 6) is -12.8. The average Bonchev–Trinajstić information content (AvgIpc) is 3.59. The zero-order valence-electron chi connectivity index (χ0n) is 35.6. The van der Waals surface area contributed by atoms with Crippen molar-refractivity contribution in [1.29, 1.82) is 0 Å². The number of hydrogen-bond acceptors (Lipinski definition) is 8. The Hall–Kier alpha value is -8.04. The van der Waals surface area contributed by atoms with Crippen molar-refractivity contribution in [1.82, 2.24) is 29.6 Å². The predicted molar refractivity (Wildman–Crippen MR) is 226 cm³/mol. The molecule has 0 radical (unpaired) electrons. The van der Waals surface area contributed by atoms with Gasteiger partial charge in [-0.2, -0.15) is 0 Å². The lowest BCUT2D eigenvalue weighted by Gasteiger charge is -2.34. The molecule has 0 fully saturated rings. The zero-order chi connectivity index (χ0) is 49.4. The molecule has 22 heteroatoms. The quantitative estimate of drug-likeness (QED) is 0.147. The molecule has 9 rings (SSSR count). The van der Waals surface area contributed by atoms with Gasteiger partial charge in [-0.25, -0.2) is 35.1 Å². The smallest absolute Gasteiger partial charge is 0.274 e. The number of pyridine rings is 2. The molecular weight excluding hydrogens is 929 g/mol. The Kier molecular flexibility index (Phi) is 13.3. The number of nitrogens with one attached hydrogen (secondary N) is 2. The maximum atomic E-state index is 14.4. The van der Waals surface area contributed by atoms with Crippen LogP contribution in [0.4, 0.5) is 35.1 Å². The third kappa shape index (κ3) is 9.59. The first-order chi connectivity index (χ1) is 32.9. The second kappa shape index (κ2) is 19.3. The van der Waals surface area contributed by atoms with E-state index in [2.05, 4.69) is 10.6 Å². The lowest BCUT2D eigenvalue weighted by molar-refractivity contribution is 0.0678. The van der Waals surface area contributed by atoms with Crippen molar-refractivity contribution in [2.75, 3.05) is 26.2 Å². The van der Waals surface area contributed by atoms with Crippen LogP contribution in [0.1, 0.15) is 83.3 Å². The highest BCUT2D eigenvalue weighted by atomic mass is 19.2. The maximum absolute atomic E-state index is 14.4. The molecule has 4 aliphatic heterocycles. The minimum absolute atomic E-state index is 0.00334. The van der Waals surface area contributed by atoms with Crippen molar-refractivity contribution in [3.63, 3.8) is 0 Å². The van der Waals surface area contributed by atoms with Gasteiger partial charge >= 0.3 is 0 Å². The van der Waals surface area contributed by atoms with Gasteiger partial charge in [0.25, 0.3) is 23.6 Å². The SMILES string of the molecule is O=C(NCc1c(F)cc(F)cc1F)c1cn2c(c(O)c1=O)C(=O)N1CCC(F)=C[C@H]2C1.O=C(NCc1c(F)cc(F)cc1F)c1cn2c(c(OCc3ccccc3)c1=O)C(=O)N1CCC(F)=C[C@H]2C1. The van der Waals surface area contributed by atoms with E-state index in [1.807, 2.05) is 0 Å². The van der Waals surface area contributed by atoms with Gasteiger partial charge in [0.1, 0.15) is 52.6 Å². The topological polar surface area (TPSA) is 172 Å².